The Morgan fingerprint density at radius 2 is 1.67 bits per heavy atom. The fourth-order valence-electron chi connectivity index (χ4n) is 3.62. The van der Waals surface area contributed by atoms with Crippen LogP contribution in [0.4, 0.5) is 0 Å². The number of piperidine rings is 1. The van der Waals surface area contributed by atoms with Crippen molar-refractivity contribution in [2.45, 2.75) is 38.1 Å². The van der Waals surface area contributed by atoms with Crippen LogP contribution in [-0.2, 0) is 14.9 Å². The van der Waals surface area contributed by atoms with Crippen LogP contribution in [0.5, 0.6) is 0 Å². The second kappa shape index (κ2) is 5.07. The van der Waals surface area contributed by atoms with Crippen molar-refractivity contribution < 1.29 is 13.2 Å². The maximum atomic E-state index is 12.7. The van der Waals surface area contributed by atoms with Crippen molar-refractivity contribution in [2.24, 2.45) is 5.92 Å². The second-order valence-electron chi connectivity index (χ2n) is 5.53. The second-order valence-corrected chi connectivity index (χ2v) is 7.41. The fourth-order valence-corrected chi connectivity index (χ4v) is 5.51. The van der Waals surface area contributed by atoms with E-state index in [1.165, 1.54) is 19.3 Å². The first-order chi connectivity index (χ1) is 8.69. The smallest absolute Gasteiger partial charge is 0.282 e. The van der Waals surface area contributed by atoms with Crippen LogP contribution in [-0.4, -0.2) is 55.9 Å². The van der Waals surface area contributed by atoms with Gasteiger partial charge in [0.25, 0.3) is 10.2 Å². The number of hydrogen-bond acceptors (Lipinski definition) is 3. The Balaban J connectivity index is 1.79. The summed E-state index contributed by atoms with van der Waals surface area (Å²) >= 11 is 0. The molecule has 2 atom stereocenters. The molecule has 0 bridgehead atoms. The van der Waals surface area contributed by atoms with E-state index in [0.29, 0.717) is 38.8 Å². The molecule has 0 aromatic carbocycles. The van der Waals surface area contributed by atoms with E-state index in [1.54, 1.807) is 8.61 Å². The minimum absolute atomic E-state index is 0.270. The summed E-state index contributed by atoms with van der Waals surface area (Å²) in [7, 11) is -3.25. The minimum atomic E-state index is -3.25. The summed E-state index contributed by atoms with van der Waals surface area (Å²) in [5, 5.41) is 0. The first-order valence-electron chi connectivity index (χ1n) is 7.04. The molecule has 104 valence electrons. The molecule has 0 amide bonds. The number of hydrogen-bond donors (Lipinski definition) is 0. The van der Waals surface area contributed by atoms with Crippen LogP contribution >= 0.6 is 0 Å². The zero-order valence-corrected chi connectivity index (χ0v) is 11.6. The lowest BCUT2D eigenvalue weighted by atomic mass is 9.94. The standard InChI is InChI=1S/C12H22N2O3S/c15-18(16,13-7-9-17-10-8-13)14-6-2-4-11-3-1-5-12(11)14/h11-12H,1-10H2. The third kappa shape index (κ3) is 2.19. The van der Waals surface area contributed by atoms with E-state index >= 15 is 0 Å². The molecule has 0 aromatic heterocycles. The Labute approximate surface area is 109 Å². The summed E-state index contributed by atoms with van der Waals surface area (Å²) in [5.41, 5.74) is 0. The number of rotatable bonds is 2. The van der Waals surface area contributed by atoms with E-state index in [1.807, 2.05) is 0 Å². The van der Waals surface area contributed by atoms with Gasteiger partial charge in [-0.05, 0) is 31.6 Å². The highest BCUT2D eigenvalue weighted by atomic mass is 32.2. The Morgan fingerprint density at radius 3 is 2.44 bits per heavy atom. The van der Waals surface area contributed by atoms with Crippen molar-refractivity contribution in [2.75, 3.05) is 32.8 Å². The minimum Gasteiger partial charge on any atom is -0.379 e. The van der Waals surface area contributed by atoms with Crippen molar-refractivity contribution in [3.05, 3.63) is 0 Å². The first kappa shape index (κ1) is 12.8. The van der Waals surface area contributed by atoms with Crippen molar-refractivity contribution in [3.63, 3.8) is 0 Å². The quantitative estimate of drug-likeness (QED) is 0.749. The summed E-state index contributed by atoms with van der Waals surface area (Å²) < 4.78 is 34.0. The van der Waals surface area contributed by atoms with Gasteiger partial charge in [0.2, 0.25) is 0 Å². The van der Waals surface area contributed by atoms with Gasteiger partial charge in [-0.25, -0.2) is 0 Å². The van der Waals surface area contributed by atoms with Gasteiger partial charge in [-0.3, -0.25) is 0 Å². The molecule has 6 heteroatoms. The van der Waals surface area contributed by atoms with Gasteiger partial charge < -0.3 is 4.74 Å². The summed E-state index contributed by atoms with van der Waals surface area (Å²) in [6, 6.07) is 0.270. The molecule has 0 radical (unpaired) electrons. The van der Waals surface area contributed by atoms with Crippen LogP contribution in [0.15, 0.2) is 0 Å². The highest BCUT2D eigenvalue weighted by molar-refractivity contribution is 7.86. The van der Waals surface area contributed by atoms with Gasteiger partial charge in [-0.1, -0.05) is 6.42 Å². The fraction of sp³-hybridized carbons (Fsp3) is 1.00. The van der Waals surface area contributed by atoms with E-state index < -0.39 is 10.2 Å². The summed E-state index contributed by atoms with van der Waals surface area (Å²) in [6.45, 7) is 2.79. The average Bonchev–Trinajstić information content (AvgIpc) is 2.87. The monoisotopic (exact) mass is 274 g/mol. The van der Waals surface area contributed by atoms with Crippen LogP contribution in [0, 0.1) is 5.92 Å². The third-order valence-electron chi connectivity index (χ3n) is 4.53. The van der Waals surface area contributed by atoms with Gasteiger partial charge in [0.05, 0.1) is 13.2 Å². The predicted octanol–water partition coefficient (Wildman–Crippen LogP) is 0.828. The van der Waals surface area contributed by atoms with Gasteiger partial charge in [0.15, 0.2) is 0 Å². The SMILES string of the molecule is O=S(=O)(N1CCOCC1)N1CCCC2CCCC21. The molecular formula is C12H22N2O3S. The Kier molecular flexibility index (Phi) is 3.62. The van der Waals surface area contributed by atoms with E-state index in [9.17, 15) is 8.42 Å². The molecule has 18 heavy (non-hydrogen) atoms. The van der Waals surface area contributed by atoms with E-state index in [4.69, 9.17) is 4.74 Å². The molecule has 2 heterocycles. The summed E-state index contributed by atoms with van der Waals surface area (Å²) in [5.74, 6) is 0.606. The number of fused-ring (bicyclic) bond motifs is 1. The normalized spacial score (nSPS) is 35.6. The first-order valence-corrected chi connectivity index (χ1v) is 8.44. The van der Waals surface area contributed by atoms with Crippen LogP contribution in [0.2, 0.25) is 0 Å². The molecule has 3 fully saturated rings. The van der Waals surface area contributed by atoms with Crippen LogP contribution in [0.1, 0.15) is 32.1 Å². The van der Waals surface area contributed by atoms with Gasteiger partial charge in [0, 0.05) is 25.7 Å². The molecule has 0 spiro atoms. The van der Waals surface area contributed by atoms with Gasteiger partial charge in [0.1, 0.15) is 0 Å². The molecule has 2 saturated heterocycles. The van der Waals surface area contributed by atoms with Crippen LogP contribution in [0.25, 0.3) is 0 Å². The molecule has 1 aliphatic carbocycles. The maximum Gasteiger partial charge on any atom is 0.282 e. The van der Waals surface area contributed by atoms with Crippen LogP contribution < -0.4 is 0 Å². The zero-order chi connectivity index (χ0) is 12.6. The van der Waals surface area contributed by atoms with Crippen molar-refractivity contribution in [1.29, 1.82) is 0 Å². The molecular weight excluding hydrogens is 252 g/mol. The van der Waals surface area contributed by atoms with Crippen molar-refractivity contribution in [3.8, 4) is 0 Å². The lowest BCUT2D eigenvalue weighted by molar-refractivity contribution is 0.0671. The Hall–Kier alpha value is -0.170. The van der Waals surface area contributed by atoms with Crippen molar-refractivity contribution >= 4 is 10.2 Å². The average molecular weight is 274 g/mol. The number of morpholine rings is 1. The lowest BCUT2D eigenvalue weighted by Crippen LogP contribution is -2.54. The molecule has 5 nitrogen and oxygen atoms in total. The van der Waals surface area contributed by atoms with Crippen molar-refractivity contribution in [1.82, 2.24) is 8.61 Å². The molecule has 0 N–H and O–H groups in total. The number of nitrogens with zero attached hydrogens (tertiary/aromatic N) is 2. The Morgan fingerprint density at radius 1 is 0.944 bits per heavy atom. The number of ether oxygens (including phenoxy) is 1. The zero-order valence-electron chi connectivity index (χ0n) is 10.8. The topological polar surface area (TPSA) is 49.9 Å². The molecule has 2 unspecified atom stereocenters. The van der Waals surface area contributed by atoms with Gasteiger partial charge in [-0.2, -0.15) is 17.0 Å². The van der Waals surface area contributed by atoms with Gasteiger partial charge >= 0.3 is 0 Å². The van der Waals surface area contributed by atoms with Gasteiger partial charge in [-0.15, -0.1) is 0 Å². The van der Waals surface area contributed by atoms with E-state index in [-0.39, 0.29) is 6.04 Å². The third-order valence-corrected chi connectivity index (χ3v) is 6.60. The highest BCUT2D eigenvalue weighted by Crippen LogP contribution is 2.38. The lowest BCUT2D eigenvalue weighted by Gasteiger charge is -2.40. The maximum absolute atomic E-state index is 12.7. The highest BCUT2D eigenvalue weighted by Gasteiger charge is 2.43. The molecule has 2 aliphatic heterocycles. The van der Waals surface area contributed by atoms with Crippen LogP contribution in [0.3, 0.4) is 0 Å². The Bertz CT molecular complexity index is 392. The molecule has 3 rings (SSSR count). The van der Waals surface area contributed by atoms with E-state index in [2.05, 4.69) is 0 Å². The molecule has 0 aromatic rings. The summed E-state index contributed by atoms with van der Waals surface area (Å²) in [4.78, 5) is 0. The largest absolute Gasteiger partial charge is 0.379 e. The molecule has 3 aliphatic rings. The van der Waals surface area contributed by atoms with E-state index in [0.717, 1.165) is 12.8 Å². The molecule has 1 saturated carbocycles. The summed E-state index contributed by atoms with van der Waals surface area (Å²) in [6.07, 6.45) is 5.67. The predicted molar refractivity (Wildman–Crippen MR) is 68.4 cm³/mol.